The number of quaternary nitrogens is 1. The van der Waals surface area contributed by atoms with E-state index in [4.69, 9.17) is 0 Å². The van der Waals surface area contributed by atoms with Crippen LogP contribution in [0.4, 0.5) is 5.69 Å². The van der Waals surface area contributed by atoms with Crippen molar-refractivity contribution in [2.45, 2.75) is 19.9 Å². The van der Waals surface area contributed by atoms with E-state index >= 15 is 0 Å². The highest BCUT2D eigenvalue weighted by Gasteiger charge is 2.13. The van der Waals surface area contributed by atoms with E-state index in [0.717, 1.165) is 40.5 Å². The molecule has 2 rings (SSSR count). The first-order valence-corrected chi connectivity index (χ1v) is 7.35. The molecule has 1 N–H and O–H groups in total. The number of carbonyl (C=O) groups is 1. The van der Waals surface area contributed by atoms with Crippen LogP contribution in [0.15, 0.2) is 36.7 Å². The Balaban J connectivity index is 0.00000242. The van der Waals surface area contributed by atoms with Gasteiger partial charge >= 0.3 is 0 Å². The maximum absolute atomic E-state index is 11.4. The van der Waals surface area contributed by atoms with Crippen LogP contribution in [0.2, 0.25) is 0 Å². The lowest BCUT2D eigenvalue weighted by Crippen LogP contribution is -3.00. The molecule has 0 aliphatic carbocycles. The van der Waals surface area contributed by atoms with E-state index in [1.165, 1.54) is 0 Å². The Kier molecular flexibility index (Phi) is 8.95. The summed E-state index contributed by atoms with van der Waals surface area (Å²) in [7, 11) is 6.61. The molecule has 1 heterocycles. The zero-order valence-corrected chi connectivity index (χ0v) is 17.3. The van der Waals surface area contributed by atoms with Gasteiger partial charge in [-0.1, -0.05) is 18.2 Å². The van der Waals surface area contributed by atoms with Crippen molar-refractivity contribution in [1.82, 2.24) is 0 Å². The SMILES string of the molecule is CC(=O)Nc1c[n+](CCC[N+](C)(C)C)cc2ccccc12.[Br-].[Br-]. The summed E-state index contributed by atoms with van der Waals surface area (Å²) in [6, 6.07) is 8.14. The summed E-state index contributed by atoms with van der Waals surface area (Å²) in [6.07, 6.45) is 5.28. The molecule has 0 fully saturated rings. The molecule has 0 aliphatic heterocycles. The summed E-state index contributed by atoms with van der Waals surface area (Å²) >= 11 is 0. The van der Waals surface area contributed by atoms with E-state index in [0.29, 0.717) is 0 Å². The molecule has 1 aromatic carbocycles. The number of rotatable bonds is 5. The zero-order valence-electron chi connectivity index (χ0n) is 14.1. The molecule has 0 atom stereocenters. The highest BCUT2D eigenvalue weighted by atomic mass is 79.9. The Bertz CT molecular complexity index is 654. The third-order valence-electron chi connectivity index (χ3n) is 3.41. The van der Waals surface area contributed by atoms with Gasteiger partial charge < -0.3 is 43.8 Å². The van der Waals surface area contributed by atoms with E-state index in [2.05, 4.69) is 43.3 Å². The molecule has 0 spiro atoms. The van der Waals surface area contributed by atoms with Crippen molar-refractivity contribution in [2.75, 3.05) is 33.0 Å². The van der Waals surface area contributed by atoms with E-state index in [9.17, 15) is 4.79 Å². The topological polar surface area (TPSA) is 33.0 Å². The number of anilines is 1. The number of fused-ring (bicyclic) bond motifs is 1. The molecular formula is C17H25Br2N3O. The summed E-state index contributed by atoms with van der Waals surface area (Å²) < 4.78 is 3.13. The van der Waals surface area contributed by atoms with Crippen LogP contribution in [0.5, 0.6) is 0 Å². The second kappa shape index (κ2) is 9.35. The van der Waals surface area contributed by atoms with Crippen LogP contribution < -0.4 is 43.8 Å². The summed E-state index contributed by atoms with van der Waals surface area (Å²) in [6.45, 7) is 3.62. The number of amides is 1. The Labute approximate surface area is 159 Å². The number of halogens is 2. The molecular weight excluding hydrogens is 422 g/mol. The second-order valence-electron chi connectivity index (χ2n) is 6.55. The second-order valence-corrected chi connectivity index (χ2v) is 6.55. The molecule has 2 aromatic rings. The fourth-order valence-corrected chi connectivity index (χ4v) is 2.45. The number of aromatic nitrogens is 1. The predicted molar refractivity (Wildman–Crippen MR) is 86.0 cm³/mol. The van der Waals surface area contributed by atoms with Gasteiger partial charge in [0.1, 0.15) is 5.69 Å². The number of carbonyl (C=O) groups excluding carboxylic acids is 1. The van der Waals surface area contributed by atoms with Gasteiger partial charge in [0.2, 0.25) is 5.91 Å². The van der Waals surface area contributed by atoms with Gasteiger partial charge in [-0.2, -0.15) is 0 Å². The lowest BCUT2D eigenvalue weighted by molar-refractivity contribution is -0.873. The van der Waals surface area contributed by atoms with E-state index in [1.54, 1.807) is 6.92 Å². The highest BCUT2D eigenvalue weighted by Crippen LogP contribution is 2.20. The minimum Gasteiger partial charge on any atom is -1.00 e. The fraction of sp³-hybridized carbons (Fsp3) is 0.412. The van der Waals surface area contributed by atoms with Crippen LogP contribution in [0.25, 0.3) is 10.8 Å². The molecule has 0 unspecified atom stereocenters. The summed E-state index contributed by atoms with van der Waals surface area (Å²) in [5, 5.41) is 5.16. The molecule has 4 nitrogen and oxygen atoms in total. The van der Waals surface area contributed by atoms with E-state index in [1.807, 2.05) is 24.4 Å². The Hall–Kier alpha value is -0.980. The minimum atomic E-state index is -0.0377. The van der Waals surface area contributed by atoms with Crippen molar-refractivity contribution in [3.05, 3.63) is 36.7 Å². The van der Waals surface area contributed by atoms with Crippen molar-refractivity contribution >= 4 is 22.4 Å². The number of hydrogen-bond acceptors (Lipinski definition) is 1. The van der Waals surface area contributed by atoms with Crippen LogP contribution in [0, 0.1) is 0 Å². The van der Waals surface area contributed by atoms with Gasteiger partial charge in [0.05, 0.1) is 34.1 Å². The lowest BCUT2D eigenvalue weighted by Gasteiger charge is -2.22. The number of nitrogens with one attached hydrogen (secondary N) is 1. The molecule has 0 saturated carbocycles. The fourth-order valence-electron chi connectivity index (χ4n) is 2.45. The average molecular weight is 447 g/mol. The molecule has 0 aliphatic rings. The zero-order chi connectivity index (χ0) is 15.5. The van der Waals surface area contributed by atoms with Crippen molar-refractivity contribution in [3.8, 4) is 0 Å². The Morgan fingerprint density at radius 3 is 2.39 bits per heavy atom. The van der Waals surface area contributed by atoms with Gasteiger partial charge in [-0.15, -0.1) is 0 Å². The maximum Gasteiger partial charge on any atom is 0.221 e. The molecule has 0 bridgehead atoms. The van der Waals surface area contributed by atoms with Crippen LogP contribution in [-0.2, 0) is 11.3 Å². The third-order valence-corrected chi connectivity index (χ3v) is 3.41. The van der Waals surface area contributed by atoms with Crippen LogP contribution in [0.3, 0.4) is 0 Å². The van der Waals surface area contributed by atoms with Gasteiger partial charge in [0.15, 0.2) is 18.9 Å². The Morgan fingerprint density at radius 2 is 1.78 bits per heavy atom. The van der Waals surface area contributed by atoms with Gasteiger partial charge in [0.25, 0.3) is 0 Å². The number of aryl methyl sites for hydroxylation is 1. The first-order chi connectivity index (χ1) is 9.85. The standard InChI is InChI=1S/C17H24N3O.2BrH/c1-14(21)18-17-13-19(10-7-11-20(2,3)4)12-15-8-5-6-9-16(15)17;;/h5-6,8-9,12-13H,7,10-11H2,1-4H3;2*1H/q+1;;/p-1. The molecule has 0 saturated heterocycles. The number of nitrogens with zero attached hydrogens (tertiary/aromatic N) is 2. The van der Waals surface area contributed by atoms with Crippen molar-refractivity contribution in [2.24, 2.45) is 0 Å². The first-order valence-electron chi connectivity index (χ1n) is 7.35. The average Bonchev–Trinajstić information content (AvgIpc) is 2.36. The summed E-state index contributed by atoms with van der Waals surface area (Å²) in [5.41, 5.74) is 0.880. The third kappa shape index (κ3) is 6.97. The number of hydrogen-bond donors (Lipinski definition) is 1. The minimum absolute atomic E-state index is 0. The molecule has 0 radical (unpaired) electrons. The predicted octanol–water partition coefficient (Wildman–Crippen LogP) is -3.81. The highest BCUT2D eigenvalue weighted by molar-refractivity contribution is 6.00. The number of pyridine rings is 1. The van der Waals surface area contributed by atoms with Crippen molar-refractivity contribution < 1.29 is 47.8 Å². The van der Waals surface area contributed by atoms with Gasteiger partial charge in [-0.3, -0.25) is 4.79 Å². The van der Waals surface area contributed by atoms with E-state index in [-0.39, 0.29) is 39.9 Å². The molecule has 1 aromatic heterocycles. The monoisotopic (exact) mass is 445 g/mol. The Morgan fingerprint density at radius 1 is 1.13 bits per heavy atom. The smallest absolute Gasteiger partial charge is 0.221 e. The normalized spacial score (nSPS) is 10.6. The van der Waals surface area contributed by atoms with Crippen molar-refractivity contribution in [1.29, 1.82) is 0 Å². The molecule has 128 valence electrons. The van der Waals surface area contributed by atoms with Crippen LogP contribution in [0.1, 0.15) is 13.3 Å². The first kappa shape index (κ1) is 22.0. The molecule has 6 heteroatoms. The largest absolute Gasteiger partial charge is 1.00 e. The van der Waals surface area contributed by atoms with Gasteiger partial charge in [-0.25, -0.2) is 4.57 Å². The maximum atomic E-state index is 11.4. The molecule has 1 amide bonds. The van der Waals surface area contributed by atoms with Crippen LogP contribution in [-0.4, -0.2) is 38.1 Å². The quantitative estimate of drug-likeness (QED) is 0.370. The van der Waals surface area contributed by atoms with Crippen LogP contribution >= 0.6 is 0 Å². The van der Waals surface area contributed by atoms with Gasteiger partial charge in [0, 0.05) is 17.7 Å². The summed E-state index contributed by atoms with van der Waals surface area (Å²) in [4.78, 5) is 11.4. The lowest BCUT2D eigenvalue weighted by atomic mass is 10.1. The summed E-state index contributed by atoms with van der Waals surface area (Å²) in [5.74, 6) is -0.0377. The van der Waals surface area contributed by atoms with Crippen molar-refractivity contribution in [3.63, 3.8) is 0 Å². The molecule has 23 heavy (non-hydrogen) atoms. The number of benzene rings is 1. The van der Waals surface area contributed by atoms with Gasteiger partial charge in [-0.05, 0) is 6.07 Å². The van der Waals surface area contributed by atoms with E-state index < -0.39 is 0 Å².